The zero-order chi connectivity index (χ0) is 19.6. The van der Waals surface area contributed by atoms with Crippen LogP contribution in [0.3, 0.4) is 0 Å². The maximum absolute atomic E-state index is 8.91. The highest BCUT2D eigenvalue weighted by Crippen LogP contribution is 2.21. The van der Waals surface area contributed by atoms with Gasteiger partial charge in [-0.15, -0.1) is 11.6 Å². The number of hydrogen-bond donors (Lipinski definition) is 2. The van der Waals surface area contributed by atoms with Crippen LogP contribution in [0.4, 0.5) is 23.1 Å². The Balaban J connectivity index is 1.86. The van der Waals surface area contributed by atoms with Gasteiger partial charge in [-0.25, -0.2) is 4.98 Å². The van der Waals surface area contributed by atoms with Crippen molar-refractivity contribution in [1.82, 2.24) is 9.97 Å². The van der Waals surface area contributed by atoms with Crippen molar-refractivity contribution in [1.29, 1.82) is 5.26 Å². The summed E-state index contributed by atoms with van der Waals surface area (Å²) in [6.45, 7) is 0. The molecule has 0 radical (unpaired) electrons. The third-order valence-electron chi connectivity index (χ3n) is 3.75. The number of nitrogens with zero attached hydrogens (tertiary/aromatic N) is 3. The van der Waals surface area contributed by atoms with Crippen molar-refractivity contribution in [3.63, 3.8) is 0 Å². The molecule has 0 saturated carbocycles. The molecule has 0 aliphatic heterocycles. The lowest BCUT2D eigenvalue weighted by atomic mass is 10.2. The minimum absolute atomic E-state index is 0.439. The molecule has 0 amide bonds. The second-order valence-corrected chi connectivity index (χ2v) is 6.23. The molecule has 1 heterocycles. The van der Waals surface area contributed by atoms with Gasteiger partial charge in [0.1, 0.15) is 0 Å². The predicted octanol–water partition coefficient (Wildman–Crippen LogP) is 5.21. The maximum Gasteiger partial charge on any atom is 0.229 e. The van der Waals surface area contributed by atoms with Crippen molar-refractivity contribution in [2.45, 2.75) is 12.8 Å². The van der Waals surface area contributed by atoms with E-state index in [1.807, 2.05) is 42.5 Å². The monoisotopic (exact) mass is 387 g/mol. The lowest BCUT2D eigenvalue weighted by Crippen LogP contribution is -2.03. The number of benzene rings is 2. The molecule has 2 N–H and O–H groups in total. The summed E-state index contributed by atoms with van der Waals surface area (Å²) >= 11 is 5.71. The molecule has 0 bridgehead atoms. The smallest absolute Gasteiger partial charge is 0.229 e. The summed E-state index contributed by atoms with van der Waals surface area (Å²) in [4.78, 5) is 8.94. The van der Waals surface area contributed by atoms with Gasteiger partial charge in [0.05, 0.1) is 23.4 Å². The van der Waals surface area contributed by atoms with Crippen molar-refractivity contribution in [3.8, 4) is 17.9 Å². The summed E-state index contributed by atoms with van der Waals surface area (Å²) in [5, 5.41) is 15.3. The van der Waals surface area contributed by atoms with Crippen LogP contribution in [-0.4, -0.2) is 15.8 Å². The average molecular weight is 388 g/mol. The van der Waals surface area contributed by atoms with Gasteiger partial charge < -0.3 is 10.6 Å². The second-order valence-electron chi connectivity index (χ2n) is 5.86. The second kappa shape index (κ2) is 9.97. The van der Waals surface area contributed by atoms with E-state index in [-0.39, 0.29) is 0 Å². The number of nitriles is 1. The number of nitrogens with one attached hydrogen (secondary N) is 2. The molecule has 3 aromatic rings. The predicted molar refractivity (Wildman–Crippen MR) is 113 cm³/mol. The van der Waals surface area contributed by atoms with Crippen molar-refractivity contribution in [2.24, 2.45) is 0 Å². The van der Waals surface area contributed by atoms with Crippen LogP contribution in [0, 0.1) is 23.2 Å². The fourth-order valence-electron chi connectivity index (χ4n) is 2.36. The lowest BCUT2D eigenvalue weighted by Gasteiger charge is -2.10. The zero-order valence-electron chi connectivity index (χ0n) is 15.1. The molecule has 0 fully saturated rings. The first-order chi connectivity index (χ1) is 13.8. The van der Waals surface area contributed by atoms with Gasteiger partial charge >= 0.3 is 0 Å². The lowest BCUT2D eigenvalue weighted by molar-refractivity contribution is 0.991. The summed E-state index contributed by atoms with van der Waals surface area (Å²) in [6, 6.07) is 19.0. The summed E-state index contributed by atoms with van der Waals surface area (Å²) in [5.74, 6) is 7.87. The maximum atomic E-state index is 8.91. The van der Waals surface area contributed by atoms with Crippen molar-refractivity contribution in [3.05, 3.63) is 71.9 Å². The molecule has 0 spiro atoms. The van der Waals surface area contributed by atoms with Gasteiger partial charge in [0, 0.05) is 23.7 Å². The van der Waals surface area contributed by atoms with Crippen molar-refractivity contribution < 1.29 is 0 Å². The van der Waals surface area contributed by atoms with E-state index in [2.05, 4.69) is 38.5 Å². The molecule has 0 unspecified atom stereocenters. The van der Waals surface area contributed by atoms with E-state index in [0.717, 1.165) is 24.2 Å². The van der Waals surface area contributed by atoms with E-state index < -0.39 is 0 Å². The van der Waals surface area contributed by atoms with Gasteiger partial charge in [0.15, 0.2) is 5.82 Å². The third-order valence-corrected chi connectivity index (χ3v) is 4.02. The molecule has 28 heavy (non-hydrogen) atoms. The van der Waals surface area contributed by atoms with E-state index >= 15 is 0 Å². The number of rotatable bonds is 6. The Hall–Kier alpha value is -3.54. The summed E-state index contributed by atoms with van der Waals surface area (Å²) in [7, 11) is 0. The summed E-state index contributed by atoms with van der Waals surface area (Å²) < 4.78 is 0. The molecule has 0 aliphatic carbocycles. The van der Waals surface area contributed by atoms with Gasteiger partial charge in [-0.05, 0) is 42.8 Å². The number of para-hydroxylation sites is 1. The standard InChI is InChI=1S/C22H18ClN5/c23-14-6-2-3-7-18-16-25-22(27-20-12-10-17(15-24)11-13-20)28-21(18)26-19-8-4-1-5-9-19/h1,4-5,8-13,16H,2,6,14H2,(H2,25,26,27,28). The Morgan fingerprint density at radius 2 is 1.71 bits per heavy atom. The summed E-state index contributed by atoms with van der Waals surface area (Å²) in [5.41, 5.74) is 3.02. The Morgan fingerprint density at radius 3 is 2.43 bits per heavy atom. The van der Waals surface area contributed by atoms with Crippen LogP contribution < -0.4 is 10.6 Å². The Bertz CT molecular complexity index is 1010. The molecule has 3 rings (SSSR count). The first kappa shape index (κ1) is 19.2. The van der Waals surface area contributed by atoms with Crippen LogP contribution in [0.15, 0.2) is 60.8 Å². The van der Waals surface area contributed by atoms with Gasteiger partial charge in [-0.3, -0.25) is 0 Å². The molecule has 1 aromatic heterocycles. The molecular formula is C22H18ClN5. The van der Waals surface area contributed by atoms with E-state index in [4.69, 9.17) is 16.9 Å². The van der Waals surface area contributed by atoms with E-state index in [9.17, 15) is 0 Å². The highest BCUT2D eigenvalue weighted by atomic mass is 35.5. The molecule has 6 heteroatoms. The zero-order valence-corrected chi connectivity index (χ0v) is 15.9. The first-order valence-electron chi connectivity index (χ1n) is 8.79. The first-order valence-corrected chi connectivity index (χ1v) is 9.33. The minimum Gasteiger partial charge on any atom is -0.339 e. The molecule has 5 nitrogen and oxygen atoms in total. The minimum atomic E-state index is 0.439. The number of alkyl halides is 1. The summed E-state index contributed by atoms with van der Waals surface area (Å²) in [6.07, 6.45) is 3.26. The van der Waals surface area contributed by atoms with Gasteiger partial charge in [-0.2, -0.15) is 10.2 Å². The van der Waals surface area contributed by atoms with Crippen LogP contribution >= 0.6 is 11.6 Å². The number of unbranched alkanes of at least 4 members (excludes halogenated alkanes) is 1. The Labute approximate surface area is 169 Å². The quantitative estimate of drug-likeness (QED) is 0.345. The van der Waals surface area contributed by atoms with Gasteiger partial charge in [0.2, 0.25) is 5.95 Å². The largest absolute Gasteiger partial charge is 0.339 e. The Kier molecular flexibility index (Phi) is 6.84. The third kappa shape index (κ3) is 5.48. The van der Waals surface area contributed by atoms with E-state index in [0.29, 0.717) is 28.8 Å². The van der Waals surface area contributed by atoms with Crippen molar-refractivity contribution >= 4 is 34.7 Å². The SMILES string of the molecule is N#Cc1ccc(Nc2ncc(C#CCCCCl)c(Nc3ccccc3)n2)cc1. The van der Waals surface area contributed by atoms with Crippen LogP contribution in [0.2, 0.25) is 0 Å². The molecule has 0 saturated heterocycles. The van der Waals surface area contributed by atoms with E-state index in [1.54, 1.807) is 18.3 Å². The number of halogens is 1. The topological polar surface area (TPSA) is 73.6 Å². The van der Waals surface area contributed by atoms with E-state index in [1.165, 1.54) is 0 Å². The Morgan fingerprint density at radius 1 is 0.964 bits per heavy atom. The number of hydrogen-bond acceptors (Lipinski definition) is 5. The average Bonchev–Trinajstić information content (AvgIpc) is 2.74. The molecular weight excluding hydrogens is 370 g/mol. The molecule has 0 aliphatic rings. The van der Waals surface area contributed by atoms with Crippen LogP contribution in [0.25, 0.3) is 0 Å². The fourth-order valence-corrected chi connectivity index (χ4v) is 2.49. The van der Waals surface area contributed by atoms with Crippen LogP contribution in [0.5, 0.6) is 0 Å². The van der Waals surface area contributed by atoms with Crippen molar-refractivity contribution in [2.75, 3.05) is 16.5 Å². The van der Waals surface area contributed by atoms with Gasteiger partial charge in [-0.1, -0.05) is 30.0 Å². The van der Waals surface area contributed by atoms with Crippen LogP contribution in [0.1, 0.15) is 24.0 Å². The normalized spacial score (nSPS) is 9.71. The fraction of sp³-hybridized carbons (Fsp3) is 0.136. The molecule has 2 aromatic carbocycles. The number of aromatic nitrogens is 2. The highest BCUT2D eigenvalue weighted by molar-refractivity contribution is 6.17. The van der Waals surface area contributed by atoms with Gasteiger partial charge in [0.25, 0.3) is 0 Å². The molecule has 0 atom stereocenters. The highest BCUT2D eigenvalue weighted by Gasteiger charge is 2.07. The molecule has 138 valence electrons. The van der Waals surface area contributed by atoms with Crippen LogP contribution in [-0.2, 0) is 0 Å². The number of anilines is 4.